The Morgan fingerprint density at radius 2 is 2.00 bits per heavy atom. The molecule has 2 aliphatic carbocycles. The predicted molar refractivity (Wildman–Crippen MR) is 56.7 cm³/mol. The van der Waals surface area contributed by atoms with Crippen LogP contribution < -0.4 is 5.32 Å². The van der Waals surface area contributed by atoms with E-state index in [0.717, 1.165) is 6.54 Å². The molecule has 1 heteroatoms. The quantitative estimate of drug-likeness (QED) is 0.684. The molecule has 0 aromatic heterocycles. The minimum Gasteiger partial charge on any atom is -0.316 e. The largest absolute Gasteiger partial charge is 0.316 e. The summed E-state index contributed by atoms with van der Waals surface area (Å²) in [5.41, 5.74) is 5.03. The van der Waals surface area contributed by atoms with Crippen molar-refractivity contribution in [2.75, 3.05) is 13.6 Å². The number of likely N-dealkylation sites (N-methyl/N-ethyl adjacent to an activating group) is 1. The topological polar surface area (TPSA) is 12.0 Å². The number of nitrogens with one attached hydrogen (secondary N) is 1. The summed E-state index contributed by atoms with van der Waals surface area (Å²) < 4.78 is 0. The zero-order valence-electron chi connectivity index (χ0n) is 8.53. The van der Waals surface area contributed by atoms with Crippen molar-refractivity contribution in [1.82, 2.24) is 5.32 Å². The van der Waals surface area contributed by atoms with Crippen molar-refractivity contribution in [2.24, 2.45) is 0 Å². The second kappa shape index (κ2) is 4.10. The van der Waals surface area contributed by atoms with Crippen molar-refractivity contribution in [3.63, 3.8) is 0 Å². The second-order valence-electron chi connectivity index (χ2n) is 4.17. The van der Waals surface area contributed by atoms with Gasteiger partial charge in [-0.05, 0) is 51.1 Å². The lowest BCUT2D eigenvalue weighted by Crippen LogP contribution is -2.14. The minimum atomic E-state index is 1.08. The van der Waals surface area contributed by atoms with Crippen molar-refractivity contribution >= 4 is 0 Å². The first kappa shape index (κ1) is 9.01. The van der Waals surface area contributed by atoms with Crippen LogP contribution in [0, 0.1) is 0 Å². The Labute approximate surface area is 80.9 Å². The Morgan fingerprint density at radius 3 is 2.85 bits per heavy atom. The van der Waals surface area contributed by atoms with Crippen LogP contribution in [-0.4, -0.2) is 13.6 Å². The van der Waals surface area contributed by atoms with Gasteiger partial charge in [-0.1, -0.05) is 17.2 Å². The van der Waals surface area contributed by atoms with Crippen LogP contribution in [0.15, 0.2) is 22.8 Å². The van der Waals surface area contributed by atoms with Crippen molar-refractivity contribution in [3.8, 4) is 0 Å². The highest BCUT2D eigenvalue weighted by atomic mass is 14.8. The van der Waals surface area contributed by atoms with E-state index in [-0.39, 0.29) is 0 Å². The van der Waals surface area contributed by atoms with Crippen molar-refractivity contribution in [1.29, 1.82) is 0 Å². The maximum Gasteiger partial charge on any atom is 0.0164 e. The first-order valence-corrected chi connectivity index (χ1v) is 5.45. The van der Waals surface area contributed by atoms with Gasteiger partial charge in [0.15, 0.2) is 0 Å². The smallest absolute Gasteiger partial charge is 0.0164 e. The Bertz CT molecular complexity index is 248. The zero-order valence-corrected chi connectivity index (χ0v) is 8.53. The fourth-order valence-corrected chi connectivity index (χ4v) is 2.45. The summed E-state index contributed by atoms with van der Waals surface area (Å²) in [6, 6.07) is 0. The average Bonchev–Trinajstić information content (AvgIpc) is 2.18. The predicted octanol–water partition coefficient (Wildman–Crippen LogP) is 2.80. The molecule has 0 heterocycles. The number of hydrogen-bond acceptors (Lipinski definition) is 1. The van der Waals surface area contributed by atoms with Gasteiger partial charge in [-0.2, -0.15) is 0 Å². The molecule has 1 N–H and O–H groups in total. The van der Waals surface area contributed by atoms with Crippen LogP contribution in [0.5, 0.6) is 0 Å². The first-order valence-electron chi connectivity index (χ1n) is 5.45. The fourth-order valence-electron chi connectivity index (χ4n) is 2.45. The van der Waals surface area contributed by atoms with Gasteiger partial charge in [0.1, 0.15) is 0 Å². The van der Waals surface area contributed by atoms with Gasteiger partial charge in [-0.25, -0.2) is 0 Å². The van der Waals surface area contributed by atoms with E-state index in [9.17, 15) is 0 Å². The Morgan fingerprint density at radius 1 is 1.15 bits per heavy atom. The summed E-state index contributed by atoms with van der Waals surface area (Å²) in [5.74, 6) is 0. The third kappa shape index (κ3) is 2.02. The van der Waals surface area contributed by atoms with Gasteiger partial charge in [-0.3, -0.25) is 0 Å². The molecule has 0 aromatic carbocycles. The van der Waals surface area contributed by atoms with Crippen LogP contribution in [0.1, 0.15) is 38.5 Å². The Hall–Kier alpha value is -0.560. The lowest BCUT2D eigenvalue weighted by molar-refractivity contribution is 0.638. The zero-order chi connectivity index (χ0) is 9.10. The molecule has 2 rings (SSSR count). The summed E-state index contributed by atoms with van der Waals surface area (Å²) in [6.07, 6.45) is 10.6. The summed E-state index contributed by atoms with van der Waals surface area (Å²) in [6.45, 7) is 1.08. The van der Waals surface area contributed by atoms with Gasteiger partial charge in [-0.15, -0.1) is 0 Å². The number of hydrogen-bond donors (Lipinski definition) is 1. The third-order valence-electron chi connectivity index (χ3n) is 3.16. The highest BCUT2D eigenvalue weighted by molar-refractivity contribution is 5.35. The monoisotopic (exact) mass is 177 g/mol. The lowest BCUT2D eigenvalue weighted by Gasteiger charge is -2.24. The van der Waals surface area contributed by atoms with Gasteiger partial charge >= 0.3 is 0 Å². The highest BCUT2D eigenvalue weighted by Crippen LogP contribution is 2.33. The maximum atomic E-state index is 3.24. The number of allylic oxidation sites excluding steroid dienone is 3. The van der Waals surface area contributed by atoms with Crippen LogP contribution >= 0.6 is 0 Å². The van der Waals surface area contributed by atoms with Gasteiger partial charge in [0.25, 0.3) is 0 Å². The van der Waals surface area contributed by atoms with Crippen LogP contribution in [-0.2, 0) is 0 Å². The molecule has 2 aliphatic rings. The SMILES string of the molecule is CNCC1=CC2=C(CCCC2)CC1. The van der Waals surface area contributed by atoms with Gasteiger partial charge in [0.05, 0.1) is 0 Å². The van der Waals surface area contributed by atoms with E-state index in [1.54, 1.807) is 16.7 Å². The Balaban J connectivity index is 2.11. The molecule has 0 aliphatic heterocycles. The van der Waals surface area contributed by atoms with Crippen LogP contribution in [0.2, 0.25) is 0 Å². The molecule has 0 radical (unpaired) electrons. The van der Waals surface area contributed by atoms with E-state index in [1.807, 2.05) is 7.05 Å². The molecular weight excluding hydrogens is 158 g/mol. The summed E-state index contributed by atoms with van der Waals surface area (Å²) >= 11 is 0. The van der Waals surface area contributed by atoms with Crippen molar-refractivity contribution in [2.45, 2.75) is 38.5 Å². The molecular formula is C12H19N. The highest BCUT2D eigenvalue weighted by Gasteiger charge is 2.15. The molecule has 0 saturated heterocycles. The van der Waals surface area contributed by atoms with Crippen molar-refractivity contribution < 1.29 is 0 Å². The molecule has 0 amide bonds. The molecule has 0 aromatic rings. The molecule has 0 spiro atoms. The Kier molecular flexibility index (Phi) is 2.84. The minimum absolute atomic E-state index is 1.08. The number of rotatable bonds is 2. The van der Waals surface area contributed by atoms with E-state index in [4.69, 9.17) is 0 Å². The molecule has 0 bridgehead atoms. The molecule has 72 valence electrons. The van der Waals surface area contributed by atoms with Crippen molar-refractivity contribution in [3.05, 3.63) is 22.8 Å². The van der Waals surface area contributed by atoms with Crippen LogP contribution in [0.25, 0.3) is 0 Å². The van der Waals surface area contributed by atoms with E-state index >= 15 is 0 Å². The fraction of sp³-hybridized carbons (Fsp3) is 0.667. The van der Waals surface area contributed by atoms with E-state index in [1.165, 1.54) is 38.5 Å². The lowest BCUT2D eigenvalue weighted by atomic mass is 9.83. The summed E-state index contributed by atoms with van der Waals surface area (Å²) in [7, 11) is 2.03. The maximum absolute atomic E-state index is 3.24. The second-order valence-corrected chi connectivity index (χ2v) is 4.17. The standard InChI is InChI=1S/C12H19N/c1-13-9-10-6-7-11-4-2-3-5-12(11)8-10/h8,13H,2-7,9H2,1H3. The van der Waals surface area contributed by atoms with E-state index in [0.29, 0.717) is 0 Å². The molecule has 0 unspecified atom stereocenters. The molecule has 0 atom stereocenters. The first-order chi connectivity index (χ1) is 6.40. The van der Waals surface area contributed by atoms with Crippen LogP contribution in [0.3, 0.4) is 0 Å². The molecule has 0 fully saturated rings. The average molecular weight is 177 g/mol. The molecule has 1 nitrogen and oxygen atoms in total. The normalized spacial score (nSPS) is 22.7. The van der Waals surface area contributed by atoms with E-state index in [2.05, 4.69) is 11.4 Å². The van der Waals surface area contributed by atoms with Gasteiger partial charge in [0.2, 0.25) is 0 Å². The molecule has 0 saturated carbocycles. The summed E-state index contributed by atoms with van der Waals surface area (Å²) in [4.78, 5) is 0. The third-order valence-corrected chi connectivity index (χ3v) is 3.16. The molecule has 13 heavy (non-hydrogen) atoms. The van der Waals surface area contributed by atoms with Crippen LogP contribution in [0.4, 0.5) is 0 Å². The van der Waals surface area contributed by atoms with Gasteiger partial charge in [0, 0.05) is 6.54 Å². The summed E-state index contributed by atoms with van der Waals surface area (Å²) in [5, 5.41) is 3.24. The van der Waals surface area contributed by atoms with Gasteiger partial charge < -0.3 is 5.32 Å². The van der Waals surface area contributed by atoms with E-state index < -0.39 is 0 Å².